The van der Waals surface area contributed by atoms with Crippen molar-refractivity contribution < 1.29 is 9.53 Å². The number of ether oxygens (including phenoxy) is 1. The quantitative estimate of drug-likeness (QED) is 0.884. The van der Waals surface area contributed by atoms with Crippen LogP contribution in [0.15, 0.2) is 12.4 Å². The molecule has 0 atom stereocenters. The Morgan fingerprint density at radius 3 is 2.82 bits per heavy atom. The summed E-state index contributed by atoms with van der Waals surface area (Å²) in [5, 5.41) is 3.13. The predicted molar refractivity (Wildman–Crippen MR) is 62.9 cm³/mol. The molecule has 92 valence electrons. The highest BCUT2D eigenvalue weighted by Gasteiger charge is 2.15. The molecule has 0 radical (unpaired) electrons. The van der Waals surface area contributed by atoms with E-state index in [-0.39, 0.29) is 11.1 Å². The van der Waals surface area contributed by atoms with Crippen LogP contribution in [0.25, 0.3) is 0 Å². The van der Waals surface area contributed by atoms with E-state index >= 15 is 0 Å². The minimum atomic E-state index is -0.208. The molecule has 6 heteroatoms. The Bertz CT molecular complexity index is 377. The smallest absolute Gasteiger partial charge is 0.271 e. The molecule has 17 heavy (non-hydrogen) atoms. The lowest BCUT2D eigenvalue weighted by Gasteiger charge is -2.21. The van der Waals surface area contributed by atoms with Gasteiger partial charge in [-0.05, 0) is 18.8 Å². The van der Waals surface area contributed by atoms with E-state index in [1.54, 1.807) is 0 Å². The van der Waals surface area contributed by atoms with Crippen molar-refractivity contribution in [1.82, 2.24) is 15.3 Å². The molecule has 2 heterocycles. The van der Waals surface area contributed by atoms with Crippen molar-refractivity contribution in [3.05, 3.63) is 23.2 Å². The van der Waals surface area contributed by atoms with Crippen molar-refractivity contribution in [3.63, 3.8) is 0 Å². The maximum Gasteiger partial charge on any atom is 0.271 e. The minimum absolute atomic E-state index is 0.208. The molecule has 2 rings (SSSR count). The first-order chi connectivity index (χ1) is 8.25. The summed E-state index contributed by atoms with van der Waals surface area (Å²) in [6, 6.07) is 0. The summed E-state index contributed by atoms with van der Waals surface area (Å²) in [6.45, 7) is 2.22. The molecule has 0 bridgehead atoms. The lowest BCUT2D eigenvalue weighted by Crippen LogP contribution is -2.32. The first-order valence-electron chi connectivity index (χ1n) is 5.59. The van der Waals surface area contributed by atoms with Crippen LogP contribution in [0.1, 0.15) is 23.3 Å². The van der Waals surface area contributed by atoms with Crippen LogP contribution in [0.4, 0.5) is 0 Å². The molecule has 1 N–H and O–H groups in total. The second-order valence-electron chi connectivity index (χ2n) is 3.99. The summed E-state index contributed by atoms with van der Waals surface area (Å²) in [6.07, 6.45) is 4.73. The van der Waals surface area contributed by atoms with Gasteiger partial charge in [-0.25, -0.2) is 9.97 Å². The van der Waals surface area contributed by atoms with E-state index in [0.29, 0.717) is 18.2 Å². The number of hydrogen-bond acceptors (Lipinski definition) is 4. The van der Waals surface area contributed by atoms with Crippen LogP contribution >= 0.6 is 11.6 Å². The predicted octanol–water partition coefficient (Wildman–Crippen LogP) is 1.29. The number of hydrogen-bond donors (Lipinski definition) is 1. The van der Waals surface area contributed by atoms with Crippen molar-refractivity contribution in [3.8, 4) is 0 Å². The zero-order valence-corrected chi connectivity index (χ0v) is 10.1. The Morgan fingerprint density at radius 1 is 1.41 bits per heavy atom. The van der Waals surface area contributed by atoms with Gasteiger partial charge >= 0.3 is 0 Å². The number of carbonyl (C=O) groups excluding carboxylic acids is 1. The lowest BCUT2D eigenvalue weighted by atomic mass is 10.0. The van der Waals surface area contributed by atoms with Gasteiger partial charge in [-0.2, -0.15) is 0 Å². The van der Waals surface area contributed by atoms with Gasteiger partial charge in [0.15, 0.2) is 0 Å². The molecule has 0 aromatic carbocycles. The molecular formula is C11H14ClN3O2. The SMILES string of the molecule is O=C(NCC1CCOCC1)c1cnc(Cl)cn1. The molecule has 1 aromatic heterocycles. The van der Waals surface area contributed by atoms with Gasteiger partial charge < -0.3 is 10.1 Å². The molecule has 1 amide bonds. The van der Waals surface area contributed by atoms with Crippen molar-refractivity contribution >= 4 is 17.5 Å². The zero-order chi connectivity index (χ0) is 12.1. The molecule has 1 aromatic rings. The van der Waals surface area contributed by atoms with Gasteiger partial charge in [-0.1, -0.05) is 11.6 Å². The van der Waals surface area contributed by atoms with Gasteiger partial charge in [0.05, 0.1) is 12.4 Å². The fourth-order valence-corrected chi connectivity index (χ4v) is 1.81. The molecule has 1 aliphatic heterocycles. The average Bonchev–Trinajstić information content (AvgIpc) is 2.38. The Kier molecular flexibility index (Phi) is 4.28. The van der Waals surface area contributed by atoms with E-state index in [0.717, 1.165) is 26.1 Å². The van der Waals surface area contributed by atoms with Gasteiger partial charge in [-0.3, -0.25) is 4.79 Å². The second kappa shape index (κ2) is 5.93. The lowest BCUT2D eigenvalue weighted by molar-refractivity contribution is 0.0642. The van der Waals surface area contributed by atoms with Crippen molar-refractivity contribution in [2.75, 3.05) is 19.8 Å². The highest BCUT2D eigenvalue weighted by molar-refractivity contribution is 6.29. The van der Waals surface area contributed by atoms with Gasteiger partial charge in [0, 0.05) is 19.8 Å². The Labute approximate surface area is 105 Å². The van der Waals surface area contributed by atoms with Crippen molar-refractivity contribution in [2.24, 2.45) is 5.92 Å². The van der Waals surface area contributed by atoms with E-state index in [1.807, 2.05) is 0 Å². The van der Waals surface area contributed by atoms with Gasteiger partial charge in [-0.15, -0.1) is 0 Å². The van der Waals surface area contributed by atoms with Crippen LogP contribution < -0.4 is 5.32 Å². The standard InChI is InChI=1S/C11H14ClN3O2/c12-10-7-13-9(6-14-10)11(16)15-5-8-1-3-17-4-2-8/h6-8H,1-5H2,(H,15,16). The monoisotopic (exact) mass is 255 g/mol. The maximum absolute atomic E-state index is 11.7. The number of rotatable bonds is 3. The fraction of sp³-hybridized carbons (Fsp3) is 0.545. The molecule has 1 saturated heterocycles. The fourth-order valence-electron chi connectivity index (χ4n) is 1.71. The zero-order valence-electron chi connectivity index (χ0n) is 9.36. The topological polar surface area (TPSA) is 64.1 Å². The van der Waals surface area contributed by atoms with Crippen LogP contribution in [0, 0.1) is 5.92 Å². The average molecular weight is 256 g/mol. The van der Waals surface area contributed by atoms with Crippen LogP contribution in [0.5, 0.6) is 0 Å². The second-order valence-corrected chi connectivity index (χ2v) is 4.38. The number of halogens is 1. The third kappa shape index (κ3) is 3.64. The van der Waals surface area contributed by atoms with Crippen molar-refractivity contribution in [2.45, 2.75) is 12.8 Å². The highest BCUT2D eigenvalue weighted by Crippen LogP contribution is 2.13. The molecule has 1 fully saturated rings. The Morgan fingerprint density at radius 2 is 2.18 bits per heavy atom. The normalized spacial score (nSPS) is 16.8. The summed E-state index contributed by atoms with van der Waals surface area (Å²) in [5.41, 5.74) is 0.293. The van der Waals surface area contributed by atoms with E-state index < -0.39 is 0 Å². The van der Waals surface area contributed by atoms with Crippen LogP contribution in [0.3, 0.4) is 0 Å². The van der Waals surface area contributed by atoms with E-state index in [2.05, 4.69) is 15.3 Å². The molecule has 0 spiro atoms. The van der Waals surface area contributed by atoms with E-state index in [9.17, 15) is 4.79 Å². The maximum atomic E-state index is 11.7. The number of nitrogens with one attached hydrogen (secondary N) is 1. The number of aromatic nitrogens is 2. The number of carbonyl (C=O) groups is 1. The summed E-state index contributed by atoms with van der Waals surface area (Å²) in [5.74, 6) is 0.286. The first-order valence-corrected chi connectivity index (χ1v) is 5.97. The number of amides is 1. The summed E-state index contributed by atoms with van der Waals surface area (Å²) in [7, 11) is 0. The number of nitrogens with zero attached hydrogens (tertiary/aromatic N) is 2. The molecule has 0 aliphatic carbocycles. The van der Waals surface area contributed by atoms with Gasteiger partial charge in [0.1, 0.15) is 10.8 Å². The summed E-state index contributed by atoms with van der Waals surface area (Å²) >= 11 is 5.60. The Balaban J connectivity index is 1.82. The molecule has 5 nitrogen and oxygen atoms in total. The molecular weight excluding hydrogens is 242 g/mol. The van der Waals surface area contributed by atoms with E-state index in [4.69, 9.17) is 16.3 Å². The van der Waals surface area contributed by atoms with Gasteiger partial charge in [0.2, 0.25) is 0 Å². The van der Waals surface area contributed by atoms with Crippen molar-refractivity contribution in [1.29, 1.82) is 0 Å². The summed E-state index contributed by atoms with van der Waals surface area (Å²) in [4.78, 5) is 19.4. The Hall–Kier alpha value is -1.20. The summed E-state index contributed by atoms with van der Waals surface area (Å²) < 4.78 is 5.25. The third-order valence-corrected chi connectivity index (χ3v) is 2.94. The van der Waals surface area contributed by atoms with Crippen LogP contribution in [-0.2, 0) is 4.74 Å². The molecule has 0 saturated carbocycles. The van der Waals surface area contributed by atoms with Gasteiger partial charge in [0.25, 0.3) is 5.91 Å². The molecule has 1 aliphatic rings. The van der Waals surface area contributed by atoms with E-state index in [1.165, 1.54) is 12.4 Å². The third-order valence-electron chi connectivity index (χ3n) is 2.75. The minimum Gasteiger partial charge on any atom is -0.381 e. The largest absolute Gasteiger partial charge is 0.381 e. The first kappa shape index (κ1) is 12.3. The van der Waals surface area contributed by atoms with Crippen LogP contribution in [0.2, 0.25) is 5.15 Å². The highest BCUT2D eigenvalue weighted by atomic mass is 35.5. The molecule has 0 unspecified atom stereocenters. The van der Waals surface area contributed by atoms with Crippen LogP contribution in [-0.4, -0.2) is 35.6 Å².